The fourth-order valence-corrected chi connectivity index (χ4v) is 1.94. The van der Waals surface area contributed by atoms with Gasteiger partial charge in [-0.05, 0) is 37.3 Å². The minimum Gasteiger partial charge on any atom is -0.382 e. The third-order valence-electron chi connectivity index (χ3n) is 3.06. The Labute approximate surface area is 97.7 Å². The second-order valence-electron chi connectivity index (χ2n) is 5.01. The molecule has 1 saturated carbocycles. The molecule has 0 aromatic carbocycles. The number of aromatic nitrogens is 1. The van der Waals surface area contributed by atoms with Crippen LogP contribution in [0.3, 0.4) is 0 Å². The molecule has 0 atom stereocenters. The Morgan fingerprint density at radius 3 is 2.81 bits per heavy atom. The lowest BCUT2D eigenvalue weighted by Crippen LogP contribution is -2.28. The standard InChI is InChI=1S/C13H21N3/c1-10(2)7-9-16(11-5-6-11)12-4-3-8-15-13(12)14/h3-4,8,10-11H,5-7,9H2,1-2H3,(H2,14,15). The van der Waals surface area contributed by atoms with Crippen molar-refractivity contribution in [1.29, 1.82) is 0 Å². The number of hydrogen-bond donors (Lipinski definition) is 1. The summed E-state index contributed by atoms with van der Waals surface area (Å²) < 4.78 is 0. The van der Waals surface area contributed by atoms with Crippen LogP contribution in [0, 0.1) is 5.92 Å². The van der Waals surface area contributed by atoms with Crippen LogP contribution in [0.15, 0.2) is 18.3 Å². The molecule has 16 heavy (non-hydrogen) atoms. The molecule has 0 aliphatic heterocycles. The summed E-state index contributed by atoms with van der Waals surface area (Å²) in [4.78, 5) is 6.61. The van der Waals surface area contributed by atoms with E-state index >= 15 is 0 Å². The molecule has 1 aromatic heterocycles. The van der Waals surface area contributed by atoms with Gasteiger partial charge in [-0.1, -0.05) is 13.8 Å². The fourth-order valence-electron chi connectivity index (χ4n) is 1.94. The van der Waals surface area contributed by atoms with E-state index < -0.39 is 0 Å². The molecule has 0 amide bonds. The van der Waals surface area contributed by atoms with Crippen LogP contribution in [0.25, 0.3) is 0 Å². The predicted octanol–water partition coefficient (Wildman–Crippen LogP) is 2.68. The van der Waals surface area contributed by atoms with Gasteiger partial charge >= 0.3 is 0 Å². The normalized spacial score (nSPS) is 15.4. The number of rotatable bonds is 5. The fraction of sp³-hybridized carbons (Fsp3) is 0.615. The van der Waals surface area contributed by atoms with Gasteiger partial charge in [0, 0.05) is 18.8 Å². The minimum absolute atomic E-state index is 0.665. The van der Waals surface area contributed by atoms with Gasteiger partial charge in [0.1, 0.15) is 5.82 Å². The van der Waals surface area contributed by atoms with Gasteiger partial charge in [-0.2, -0.15) is 0 Å². The first-order valence-corrected chi connectivity index (χ1v) is 6.15. The van der Waals surface area contributed by atoms with Crippen LogP contribution in [-0.4, -0.2) is 17.6 Å². The summed E-state index contributed by atoms with van der Waals surface area (Å²) in [5.41, 5.74) is 7.06. The summed E-state index contributed by atoms with van der Waals surface area (Å²) in [5, 5.41) is 0. The van der Waals surface area contributed by atoms with Crippen LogP contribution in [0.4, 0.5) is 11.5 Å². The Kier molecular flexibility index (Phi) is 3.32. The Bertz CT molecular complexity index is 345. The monoisotopic (exact) mass is 219 g/mol. The maximum absolute atomic E-state index is 5.94. The molecule has 0 spiro atoms. The number of nitrogens with two attached hydrogens (primary N) is 1. The number of anilines is 2. The average Bonchev–Trinajstić information content (AvgIpc) is 3.04. The van der Waals surface area contributed by atoms with E-state index in [1.165, 1.54) is 19.3 Å². The number of hydrogen-bond acceptors (Lipinski definition) is 3. The highest BCUT2D eigenvalue weighted by Gasteiger charge is 2.30. The summed E-state index contributed by atoms with van der Waals surface area (Å²) in [6, 6.07) is 4.75. The number of nitrogen functional groups attached to an aromatic ring is 1. The lowest BCUT2D eigenvalue weighted by Gasteiger charge is -2.26. The number of pyridine rings is 1. The second-order valence-corrected chi connectivity index (χ2v) is 5.01. The zero-order valence-corrected chi connectivity index (χ0v) is 10.2. The second kappa shape index (κ2) is 4.73. The van der Waals surface area contributed by atoms with Crippen LogP contribution in [0.2, 0.25) is 0 Å². The maximum atomic E-state index is 5.94. The lowest BCUT2D eigenvalue weighted by molar-refractivity contribution is 0.571. The van der Waals surface area contributed by atoms with Crippen molar-refractivity contribution in [3.05, 3.63) is 18.3 Å². The molecule has 3 heteroatoms. The molecule has 0 unspecified atom stereocenters. The largest absolute Gasteiger partial charge is 0.382 e. The van der Waals surface area contributed by atoms with Crippen molar-refractivity contribution in [3.63, 3.8) is 0 Å². The van der Waals surface area contributed by atoms with Crippen molar-refractivity contribution in [2.24, 2.45) is 5.92 Å². The van der Waals surface area contributed by atoms with Gasteiger partial charge in [-0.15, -0.1) is 0 Å². The topological polar surface area (TPSA) is 42.2 Å². The van der Waals surface area contributed by atoms with Crippen molar-refractivity contribution in [3.8, 4) is 0 Å². The molecule has 0 saturated heterocycles. The zero-order chi connectivity index (χ0) is 11.5. The van der Waals surface area contributed by atoms with Gasteiger partial charge < -0.3 is 10.6 Å². The summed E-state index contributed by atoms with van der Waals surface area (Å²) in [6.07, 6.45) is 5.57. The summed E-state index contributed by atoms with van der Waals surface area (Å²) >= 11 is 0. The SMILES string of the molecule is CC(C)CCN(c1cccnc1N)C1CC1. The Morgan fingerprint density at radius 1 is 1.50 bits per heavy atom. The van der Waals surface area contributed by atoms with Crippen LogP contribution < -0.4 is 10.6 Å². The quantitative estimate of drug-likeness (QED) is 0.828. The van der Waals surface area contributed by atoms with E-state index in [-0.39, 0.29) is 0 Å². The molecule has 1 heterocycles. The number of nitrogens with zero attached hydrogens (tertiary/aromatic N) is 2. The van der Waals surface area contributed by atoms with Gasteiger partial charge in [0.15, 0.2) is 0 Å². The Hall–Kier alpha value is -1.25. The predicted molar refractivity (Wildman–Crippen MR) is 68.5 cm³/mol. The molecule has 0 bridgehead atoms. The van der Waals surface area contributed by atoms with Crippen molar-refractivity contribution in [2.75, 3.05) is 17.2 Å². The highest BCUT2D eigenvalue weighted by Crippen LogP contribution is 2.34. The van der Waals surface area contributed by atoms with Crippen molar-refractivity contribution in [2.45, 2.75) is 39.2 Å². The van der Waals surface area contributed by atoms with Gasteiger partial charge in [0.25, 0.3) is 0 Å². The highest BCUT2D eigenvalue weighted by atomic mass is 15.2. The van der Waals surface area contributed by atoms with Gasteiger partial charge in [-0.3, -0.25) is 0 Å². The summed E-state index contributed by atoms with van der Waals surface area (Å²) in [7, 11) is 0. The Morgan fingerprint density at radius 2 is 2.25 bits per heavy atom. The van der Waals surface area contributed by atoms with Crippen molar-refractivity contribution < 1.29 is 0 Å². The van der Waals surface area contributed by atoms with E-state index in [2.05, 4.69) is 29.8 Å². The molecule has 3 nitrogen and oxygen atoms in total. The molecule has 1 aliphatic rings. The lowest BCUT2D eigenvalue weighted by atomic mass is 10.1. The van der Waals surface area contributed by atoms with Gasteiger partial charge in [0.2, 0.25) is 0 Å². The first-order chi connectivity index (χ1) is 7.68. The van der Waals surface area contributed by atoms with Crippen molar-refractivity contribution in [1.82, 2.24) is 4.98 Å². The van der Waals surface area contributed by atoms with Crippen molar-refractivity contribution >= 4 is 11.5 Å². The molecule has 2 N–H and O–H groups in total. The van der Waals surface area contributed by atoms with Crippen LogP contribution in [-0.2, 0) is 0 Å². The van der Waals surface area contributed by atoms with Gasteiger partial charge in [0.05, 0.1) is 5.69 Å². The smallest absolute Gasteiger partial charge is 0.146 e. The molecule has 1 aliphatic carbocycles. The first kappa shape index (κ1) is 11.2. The van der Waals surface area contributed by atoms with Crippen LogP contribution in [0.1, 0.15) is 33.1 Å². The molecule has 1 fully saturated rings. The first-order valence-electron chi connectivity index (χ1n) is 6.15. The maximum Gasteiger partial charge on any atom is 0.146 e. The minimum atomic E-state index is 0.665. The van der Waals surface area contributed by atoms with E-state index in [1.54, 1.807) is 6.20 Å². The summed E-state index contributed by atoms with van der Waals surface area (Å²) in [5.74, 6) is 1.40. The van der Waals surface area contributed by atoms with Crippen LogP contribution >= 0.6 is 0 Å². The van der Waals surface area contributed by atoms with E-state index in [1.807, 2.05) is 6.07 Å². The van der Waals surface area contributed by atoms with Gasteiger partial charge in [-0.25, -0.2) is 4.98 Å². The average molecular weight is 219 g/mol. The zero-order valence-electron chi connectivity index (χ0n) is 10.2. The van der Waals surface area contributed by atoms with Crippen LogP contribution in [0.5, 0.6) is 0 Å². The molecule has 88 valence electrons. The molecule has 0 radical (unpaired) electrons. The van der Waals surface area contributed by atoms with E-state index in [0.717, 1.165) is 18.2 Å². The third-order valence-corrected chi connectivity index (χ3v) is 3.06. The molecular weight excluding hydrogens is 198 g/mol. The molecule has 1 aromatic rings. The summed E-state index contributed by atoms with van der Waals surface area (Å²) in [6.45, 7) is 5.62. The van der Waals surface area contributed by atoms with E-state index in [4.69, 9.17) is 5.73 Å². The highest BCUT2D eigenvalue weighted by molar-refractivity contribution is 5.64. The molecular formula is C13H21N3. The molecule has 2 rings (SSSR count). The Balaban J connectivity index is 2.10. The van der Waals surface area contributed by atoms with E-state index in [9.17, 15) is 0 Å². The van der Waals surface area contributed by atoms with E-state index in [0.29, 0.717) is 11.9 Å². The third kappa shape index (κ3) is 2.65.